The van der Waals surface area contributed by atoms with Gasteiger partial charge in [0, 0.05) is 31.0 Å². The summed E-state index contributed by atoms with van der Waals surface area (Å²) in [5, 5.41) is 5.83. The second-order valence-electron chi connectivity index (χ2n) is 7.04. The third-order valence-electron chi connectivity index (χ3n) is 5.18. The summed E-state index contributed by atoms with van der Waals surface area (Å²) in [5.41, 5.74) is 2.75. The lowest BCUT2D eigenvalue weighted by atomic mass is 10.1. The third-order valence-corrected chi connectivity index (χ3v) is 5.18. The van der Waals surface area contributed by atoms with E-state index in [1.54, 1.807) is 4.90 Å². The van der Waals surface area contributed by atoms with E-state index in [0.717, 1.165) is 37.3 Å². The van der Waals surface area contributed by atoms with Crippen LogP contribution in [0.1, 0.15) is 18.4 Å². The molecule has 0 aliphatic carbocycles. The molecule has 4 rings (SSSR count). The maximum Gasteiger partial charge on any atom is 0.321 e. The highest BCUT2D eigenvalue weighted by Gasteiger charge is 2.30. The van der Waals surface area contributed by atoms with Gasteiger partial charge in [-0.3, -0.25) is 14.6 Å². The number of hydrogen-bond donors (Lipinski definition) is 2. The molecule has 27 heavy (non-hydrogen) atoms. The topological polar surface area (TPSA) is 64.7 Å². The van der Waals surface area contributed by atoms with E-state index in [1.807, 2.05) is 42.5 Å². The average molecular weight is 364 g/mol. The van der Waals surface area contributed by atoms with Gasteiger partial charge in [0.05, 0.1) is 6.04 Å². The Bertz CT molecular complexity index is 824. The van der Waals surface area contributed by atoms with Gasteiger partial charge in [0.25, 0.3) is 0 Å². The lowest BCUT2D eigenvalue weighted by molar-refractivity contribution is -0.120. The first-order chi connectivity index (χ1) is 13.2. The van der Waals surface area contributed by atoms with E-state index in [2.05, 4.69) is 27.7 Å². The molecule has 0 bridgehead atoms. The molecule has 0 radical (unpaired) electrons. The summed E-state index contributed by atoms with van der Waals surface area (Å²) in [5.74, 6) is 0.0199. The number of amides is 3. The van der Waals surface area contributed by atoms with Gasteiger partial charge in [-0.2, -0.15) is 0 Å². The molecule has 2 aromatic rings. The summed E-state index contributed by atoms with van der Waals surface area (Å²) in [6.45, 7) is 3.00. The number of anilines is 2. The van der Waals surface area contributed by atoms with Gasteiger partial charge in [0.2, 0.25) is 5.91 Å². The van der Waals surface area contributed by atoms with E-state index >= 15 is 0 Å². The zero-order chi connectivity index (χ0) is 18.6. The quantitative estimate of drug-likeness (QED) is 0.857. The van der Waals surface area contributed by atoms with Gasteiger partial charge in [-0.15, -0.1) is 0 Å². The second kappa shape index (κ2) is 7.80. The summed E-state index contributed by atoms with van der Waals surface area (Å²) in [4.78, 5) is 28.6. The molecule has 2 aliphatic heterocycles. The second-order valence-corrected chi connectivity index (χ2v) is 7.04. The molecule has 2 fully saturated rings. The first-order valence-electron chi connectivity index (χ1n) is 9.45. The Balaban J connectivity index is 1.43. The summed E-state index contributed by atoms with van der Waals surface area (Å²) in [7, 11) is 0. The van der Waals surface area contributed by atoms with Gasteiger partial charge < -0.3 is 10.6 Å². The van der Waals surface area contributed by atoms with Crippen molar-refractivity contribution in [2.75, 3.05) is 29.9 Å². The first-order valence-corrected chi connectivity index (χ1v) is 9.45. The molecule has 6 heteroatoms. The minimum absolute atomic E-state index is 0.0199. The van der Waals surface area contributed by atoms with Crippen molar-refractivity contribution in [1.29, 1.82) is 0 Å². The van der Waals surface area contributed by atoms with Crippen molar-refractivity contribution in [3.63, 3.8) is 0 Å². The number of nitrogens with one attached hydrogen (secondary N) is 2. The molecule has 6 nitrogen and oxygen atoms in total. The highest BCUT2D eigenvalue weighted by Crippen LogP contribution is 2.24. The Morgan fingerprint density at radius 2 is 1.96 bits per heavy atom. The predicted molar refractivity (Wildman–Crippen MR) is 106 cm³/mol. The van der Waals surface area contributed by atoms with Crippen molar-refractivity contribution in [2.45, 2.75) is 25.4 Å². The van der Waals surface area contributed by atoms with Crippen LogP contribution in [0.5, 0.6) is 0 Å². The number of nitrogens with zero attached hydrogens (tertiary/aromatic N) is 2. The molecule has 2 heterocycles. The fraction of sp³-hybridized carbons (Fsp3) is 0.333. The standard InChI is InChI=1S/C21H24N4O2/c26-20(19-10-5-12-24(19)15-16-6-2-1-3-7-16)23-17-8-4-9-18(14-17)25-13-11-22-21(25)27/h1-4,6-9,14,19H,5,10-13,15H2,(H,22,27)(H,23,26)/t19-/m0/s1. The van der Waals surface area contributed by atoms with E-state index in [1.165, 1.54) is 5.56 Å². The lowest BCUT2D eigenvalue weighted by Gasteiger charge is -2.24. The Labute approximate surface area is 159 Å². The minimum atomic E-state index is -0.121. The van der Waals surface area contributed by atoms with Crippen molar-refractivity contribution < 1.29 is 9.59 Å². The highest BCUT2D eigenvalue weighted by atomic mass is 16.2. The van der Waals surface area contributed by atoms with Crippen LogP contribution in [0.25, 0.3) is 0 Å². The molecule has 0 aromatic heterocycles. The Kier molecular flexibility index (Phi) is 5.07. The SMILES string of the molecule is O=C(Nc1cccc(N2CCNC2=O)c1)[C@@H]1CCCN1Cc1ccccc1. The molecule has 0 spiro atoms. The van der Waals surface area contributed by atoms with Crippen LogP contribution in [-0.4, -0.2) is 42.5 Å². The van der Waals surface area contributed by atoms with Crippen LogP contribution in [0.4, 0.5) is 16.2 Å². The molecule has 2 aromatic carbocycles. The van der Waals surface area contributed by atoms with Gasteiger partial charge in [0.1, 0.15) is 0 Å². The summed E-state index contributed by atoms with van der Waals surface area (Å²) in [6.07, 6.45) is 1.89. The van der Waals surface area contributed by atoms with Crippen molar-refractivity contribution in [1.82, 2.24) is 10.2 Å². The van der Waals surface area contributed by atoms with Crippen molar-refractivity contribution >= 4 is 23.3 Å². The van der Waals surface area contributed by atoms with Crippen molar-refractivity contribution in [2.24, 2.45) is 0 Å². The molecule has 0 saturated carbocycles. The third kappa shape index (κ3) is 3.95. The molecular formula is C21H24N4O2. The number of carbonyl (C=O) groups is 2. The van der Waals surface area contributed by atoms with Crippen LogP contribution in [0.15, 0.2) is 54.6 Å². The Morgan fingerprint density at radius 1 is 1.11 bits per heavy atom. The first kappa shape index (κ1) is 17.5. The number of hydrogen-bond acceptors (Lipinski definition) is 3. The predicted octanol–water partition coefficient (Wildman–Crippen LogP) is 2.82. The fourth-order valence-corrected chi connectivity index (χ4v) is 3.83. The van der Waals surface area contributed by atoms with Crippen LogP contribution in [0, 0.1) is 0 Å². The molecule has 2 aliphatic rings. The summed E-state index contributed by atoms with van der Waals surface area (Å²) >= 11 is 0. The van der Waals surface area contributed by atoms with Crippen LogP contribution in [-0.2, 0) is 11.3 Å². The summed E-state index contributed by atoms with van der Waals surface area (Å²) < 4.78 is 0. The van der Waals surface area contributed by atoms with Gasteiger partial charge >= 0.3 is 6.03 Å². The lowest BCUT2D eigenvalue weighted by Crippen LogP contribution is -2.39. The van der Waals surface area contributed by atoms with E-state index in [0.29, 0.717) is 13.1 Å². The zero-order valence-electron chi connectivity index (χ0n) is 15.2. The largest absolute Gasteiger partial charge is 0.336 e. The van der Waals surface area contributed by atoms with E-state index in [9.17, 15) is 9.59 Å². The van der Waals surface area contributed by atoms with Gasteiger partial charge in [-0.05, 0) is 43.1 Å². The average Bonchev–Trinajstić information content (AvgIpc) is 3.32. The van der Waals surface area contributed by atoms with Crippen molar-refractivity contribution in [3.8, 4) is 0 Å². The molecule has 2 N–H and O–H groups in total. The van der Waals surface area contributed by atoms with E-state index in [-0.39, 0.29) is 18.0 Å². The number of urea groups is 1. The van der Waals surface area contributed by atoms with Crippen LogP contribution in [0.2, 0.25) is 0 Å². The minimum Gasteiger partial charge on any atom is -0.336 e. The Hall–Kier alpha value is -2.86. The maximum atomic E-state index is 12.9. The van der Waals surface area contributed by atoms with Gasteiger partial charge in [0.15, 0.2) is 0 Å². The maximum absolute atomic E-state index is 12.9. The molecular weight excluding hydrogens is 340 g/mol. The normalized spacial score (nSPS) is 19.9. The van der Waals surface area contributed by atoms with Crippen LogP contribution >= 0.6 is 0 Å². The van der Waals surface area contributed by atoms with Gasteiger partial charge in [-0.25, -0.2) is 4.79 Å². The molecule has 2 saturated heterocycles. The Morgan fingerprint density at radius 3 is 2.74 bits per heavy atom. The van der Waals surface area contributed by atoms with Crippen molar-refractivity contribution in [3.05, 3.63) is 60.2 Å². The van der Waals surface area contributed by atoms with Crippen LogP contribution in [0.3, 0.4) is 0 Å². The fourth-order valence-electron chi connectivity index (χ4n) is 3.83. The smallest absolute Gasteiger partial charge is 0.321 e. The number of carbonyl (C=O) groups excluding carboxylic acids is 2. The van der Waals surface area contributed by atoms with Crippen LogP contribution < -0.4 is 15.5 Å². The molecule has 1 atom stereocenters. The number of benzene rings is 2. The number of rotatable bonds is 5. The van der Waals surface area contributed by atoms with E-state index < -0.39 is 0 Å². The zero-order valence-corrected chi connectivity index (χ0v) is 15.2. The number of likely N-dealkylation sites (tertiary alicyclic amines) is 1. The molecule has 3 amide bonds. The monoisotopic (exact) mass is 364 g/mol. The van der Waals surface area contributed by atoms with Gasteiger partial charge in [-0.1, -0.05) is 36.4 Å². The molecule has 0 unspecified atom stereocenters. The highest BCUT2D eigenvalue weighted by molar-refractivity contribution is 5.97. The summed E-state index contributed by atoms with van der Waals surface area (Å²) in [6, 6.07) is 17.5. The molecule has 140 valence electrons. The van der Waals surface area contributed by atoms with E-state index in [4.69, 9.17) is 0 Å².